The summed E-state index contributed by atoms with van der Waals surface area (Å²) in [5, 5.41) is 12.5. The van der Waals surface area contributed by atoms with Crippen molar-refractivity contribution in [2.45, 2.75) is 33.7 Å². The van der Waals surface area contributed by atoms with Crippen molar-refractivity contribution >= 4 is 27.1 Å². The molecule has 1 aromatic heterocycles. The molecule has 1 unspecified atom stereocenters. The highest BCUT2D eigenvalue weighted by atomic mass is 15.4. The Bertz CT molecular complexity index is 2300. The lowest BCUT2D eigenvalue weighted by molar-refractivity contribution is -0.644. The Kier molecular flexibility index (Phi) is 7.29. The van der Waals surface area contributed by atoms with Gasteiger partial charge in [-0.05, 0) is 98.7 Å². The Morgan fingerprint density at radius 3 is 2.00 bits per heavy atom. The van der Waals surface area contributed by atoms with Gasteiger partial charge in [-0.2, -0.15) is 5.10 Å². The van der Waals surface area contributed by atoms with E-state index in [2.05, 4.69) is 176 Å². The van der Waals surface area contributed by atoms with Gasteiger partial charge in [-0.25, -0.2) is 0 Å². The fourth-order valence-corrected chi connectivity index (χ4v) is 6.92. The minimum Gasteiger partial charge on any atom is -0.381 e. The number of fused-ring (bicyclic) bond motifs is 3. The number of aromatic amines is 1. The zero-order chi connectivity index (χ0) is 32.8. The zero-order valence-corrected chi connectivity index (χ0v) is 27.8. The fourth-order valence-electron chi connectivity index (χ4n) is 6.92. The molecule has 234 valence electrons. The summed E-state index contributed by atoms with van der Waals surface area (Å²) in [5.41, 5.74) is 9.00. The summed E-state index contributed by atoms with van der Waals surface area (Å²) in [6.07, 6.45) is 4.55. The van der Waals surface area contributed by atoms with E-state index >= 15 is 0 Å². The van der Waals surface area contributed by atoms with Crippen LogP contribution in [-0.2, 0) is 0 Å². The van der Waals surface area contributed by atoms with E-state index in [1.165, 1.54) is 38.4 Å². The second-order valence-electron chi connectivity index (χ2n) is 13.8. The normalized spacial score (nSPS) is 14.9. The molecule has 7 aromatic rings. The molecular formula is C44H39N4+. The molecule has 2 N–H and O–H groups in total. The van der Waals surface area contributed by atoms with Crippen LogP contribution in [0.2, 0.25) is 0 Å². The molecule has 8 rings (SSSR count). The first-order chi connectivity index (χ1) is 23.3. The second kappa shape index (κ2) is 11.8. The Hall–Kier alpha value is -5.74. The molecule has 6 aromatic carbocycles. The smallest absolute Gasteiger partial charge is 0.356 e. The Balaban J connectivity index is 1.42. The lowest BCUT2D eigenvalue weighted by Gasteiger charge is -2.32. The fraction of sp³-hybridized carbons (Fsp3) is 0.136. The number of H-pyrrole nitrogens is 1. The number of aromatic nitrogens is 3. The molecule has 4 nitrogen and oxygen atoms in total. The van der Waals surface area contributed by atoms with Crippen LogP contribution in [0.5, 0.6) is 0 Å². The minimum atomic E-state index is -0.0678. The summed E-state index contributed by atoms with van der Waals surface area (Å²) in [7, 11) is 0. The van der Waals surface area contributed by atoms with E-state index < -0.39 is 0 Å². The minimum absolute atomic E-state index is 0.0678. The molecule has 4 heteroatoms. The number of dihydropyridines is 1. The quantitative estimate of drug-likeness (QED) is 0.148. The summed E-state index contributed by atoms with van der Waals surface area (Å²) < 4.78 is 2.09. The van der Waals surface area contributed by atoms with Gasteiger partial charge in [0.1, 0.15) is 0 Å². The van der Waals surface area contributed by atoms with Crippen LogP contribution in [0.15, 0.2) is 151 Å². The van der Waals surface area contributed by atoms with Gasteiger partial charge >= 0.3 is 5.82 Å². The third kappa shape index (κ3) is 5.39. The molecule has 0 fully saturated rings. The molecule has 0 saturated heterocycles. The van der Waals surface area contributed by atoms with E-state index in [4.69, 9.17) is 4.98 Å². The van der Waals surface area contributed by atoms with Gasteiger partial charge in [-0.3, -0.25) is 0 Å². The molecule has 1 aliphatic heterocycles. The Morgan fingerprint density at radius 1 is 0.625 bits per heavy atom. The number of rotatable bonds is 5. The van der Waals surface area contributed by atoms with Crippen LogP contribution >= 0.6 is 0 Å². The van der Waals surface area contributed by atoms with E-state index in [9.17, 15) is 0 Å². The van der Waals surface area contributed by atoms with E-state index in [1.807, 2.05) is 12.1 Å². The molecule has 2 heterocycles. The van der Waals surface area contributed by atoms with Crippen molar-refractivity contribution in [2.75, 3.05) is 0 Å². The van der Waals surface area contributed by atoms with Gasteiger partial charge in [0.25, 0.3) is 5.82 Å². The second-order valence-corrected chi connectivity index (χ2v) is 13.8. The molecular weight excluding hydrogens is 585 g/mol. The lowest BCUT2D eigenvalue weighted by Crippen LogP contribution is -2.34. The highest BCUT2D eigenvalue weighted by Crippen LogP contribution is 2.40. The molecule has 0 aliphatic carbocycles. The van der Waals surface area contributed by atoms with Gasteiger partial charge in [0.15, 0.2) is 5.69 Å². The van der Waals surface area contributed by atoms with Crippen molar-refractivity contribution in [1.82, 2.24) is 15.4 Å². The SMILES string of the molecule is CC1C=CC(c2cc(-c3nc(-c4ccccc4)[n+](-c4ccccc4)[nH]3)cc(-c3cc4ccccc4c4ccccc34)c2)=C(C(C)(C)C)N1. The van der Waals surface area contributed by atoms with Gasteiger partial charge in [0.2, 0.25) is 0 Å². The summed E-state index contributed by atoms with van der Waals surface area (Å²) >= 11 is 0. The van der Waals surface area contributed by atoms with Crippen molar-refractivity contribution < 1.29 is 4.68 Å². The van der Waals surface area contributed by atoms with Crippen LogP contribution in [0.4, 0.5) is 0 Å². The largest absolute Gasteiger partial charge is 0.381 e. The Morgan fingerprint density at radius 2 is 1.25 bits per heavy atom. The predicted octanol–water partition coefficient (Wildman–Crippen LogP) is 10.3. The van der Waals surface area contributed by atoms with Crippen LogP contribution in [0.25, 0.3) is 66.7 Å². The van der Waals surface area contributed by atoms with E-state index in [1.54, 1.807) is 0 Å². The number of allylic oxidation sites excluding steroid dienone is 3. The molecule has 0 radical (unpaired) electrons. The van der Waals surface area contributed by atoms with E-state index in [-0.39, 0.29) is 11.5 Å². The maximum Gasteiger partial charge on any atom is 0.356 e. The first-order valence-electron chi connectivity index (χ1n) is 16.7. The third-order valence-corrected chi connectivity index (χ3v) is 9.23. The molecule has 0 bridgehead atoms. The first kappa shape index (κ1) is 29.6. The van der Waals surface area contributed by atoms with E-state index in [0.717, 1.165) is 39.6 Å². The third-order valence-electron chi connectivity index (χ3n) is 9.23. The first-order valence-corrected chi connectivity index (χ1v) is 16.7. The number of nitrogens with zero attached hydrogens (tertiary/aromatic N) is 2. The van der Waals surface area contributed by atoms with Crippen molar-refractivity contribution in [1.29, 1.82) is 0 Å². The molecule has 0 spiro atoms. The highest BCUT2D eigenvalue weighted by molar-refractivity contribution is 6.14. The molecule has 48 heavy (non-hydrogen) atoms. The maximum atomic E-state index is 5.30. The van der Waals surface area contributed by atoms with Crippen molar-refractivity contribution in [2.24, 2.45) is 5.41 Å². The topological polar surface area (TPSA) is 44.6 Å². The highest BCUT2D eigenvalue weighted by Gasteiger charge is 2.28. The van der Waals surface area contributed by atoms with Crippen LogP contribution in [0.1, 0.15) is 33.3 Å². The average molecular weight is 624 g/mol. The van der Waals surface area contributed by atoms with Crippen LogP contribution in [-0.4, -0.2) is 16.1 Å². The molecule has 0 amide bonds. The number of hydrogen-bond donors (Lipinski definition) is 2. The van der Waals surface area contributed by atoms with Crippen molar-refractivity contribution in [3.8, 4) is 39.6 Å². The zero-order valence-electron chi connectivity index (χ0n) is 27.8. The molecule has 1 atom stereocenters. The average Bonchev–Trinajstić information content (AvgIpc) is 3.57. The maximum absolute atomic E-state index is 5.30. The number of nitrogens with one attached hydrogen (secondary N) is 2. The standard InChI is InChI=1S/C44H38N4/c1-29-23-24-37(41(45-29)44(2,3)4)32-25-33(40-28-31-17-11-12-20-36(31)38-21-13-14-22-39(38)40)27-34(26-32)42-46-43(30-15-7-5-8-16-30)48(47-42)35-18-9-6-10-19-35/h5-29,45H,1-4H3/p+1. The molecule has 0 saturated carbocycles. The molecule has 1 aliphatic rings. The summed E-state index contributed by atoms with van der Waals surface area (Å²) in [6.45, 7) is 9.05. The van der Waals surface area contributed by atoms with Crippen LogP contribution in [0.3, 0.4) is 0 Å². The van der Waals surface area contributed by atoms with Gasteiger partial charge in [-0.15, -0.1) is 4.68 Å². The monoisotopic (exact) mass is 623 g/mol. The van der Waals surface area contributed by atoms with Gasteiger partial charge < -0.3 is 5.32 Å². The van der Waals surface area contributed by atoms with E-state index in [0.29, 0.717) is 0 Å². The van der Waals surface area contributed by atoms with Crippen molar-refractivity contribution in [3.63, 3.8) is 0 Å². The van der Waals surface area contributed by atoms with Crippen LogP contribution < -0.4 is 10.00 Å². The van der Waals surface area contributed by atoms with Crippen molar-refractivity contribution in [3.05, 3.63) is 157 Å². The lowest BCUT2D eigenvalue weighted by atomic mass is 9.83. The van der Waals surface area contributed by atoms with Gasteiger partial charge in [0, 0.05) is 28.3 Å². The van der Waals surface area contributed by atoms with Gasteiger partial charge in [-0.1, -0.05) is 118 Å². The summed E-state index contributed by atoms with van der Waals surface area (Å²) in [4.78, 5) is 5.30. The van der Waals surface area contributed by atoms with Crippen LogP contribution in [0, 0.1) is 5.41 Å². The Labute approximate surface area is 282 Å². The number of benzene rings is 6. The summed E-state index contributed by atoms with van der Waals surface area (Å²) in [6, 6.07) is 47.8. The number of para-hydroxylation sites is 1. The predicted molar refractivity (Wildman–Crippen MR) is 200 cm³/mol. The summed E-state index contributed by atoms with van der Waals surface area (Å²) in [5.74, 6) is 1.67. The van der Waals surface area contributed by atoms with Gasteiger partial charge in [0.05, 0.1) is 5.56 Å². The number of hydrogen-bond acceptors (Lipinski definition) is 2.